The molecule has 39 heteroatoms. The molecule has 0 bridgehead atoms. The monoisotopic (exact) mass is 1220 g/mol. The fourth-order valence-corrected chi connectivity index (χ4v) is 14.0. The molecule has 4 saturated heterocycles. The van der Waals surface area contributed by atoms with Crippen LogP contribution in [0.5, 0.6) is 0 Å². The molecule has 1 aromatic carbocycles. The van der Waals surface area contributed by atoms with Gasteiger partial charge in [0, 0.05) is 19.5 Å². The summed E-state index contributed by atoms with van der Waals surface area (Å²) in [6.45, 7) is -6.87. The summed E-state index contributed by atoms with van der Waals surface area (Å²) in [6, 6.07) is 8.12. The van der Waals surface area contributed by atoms with E-state index in [-0.39, 0.29) is 81.9 Å². The van der Waals surface area contributed by atoms with Gasteiger partial charge in [-0.15, -0.1) is 0 Å². The van der Waals surface area contributed by atoms with Crippen LogP contribution in [0.2, 0.25) is 0 Å². The van der Waals surface area contributed by atoms with Crippen molar-refractivity contribution in [2.45, 2.75) is 86.0 Å². The van der Waals surface area contributed by atoms with E-state index in [1.165, 1.54) is 46.1 Å². The summed E-state index contributed by atoms with van der Waals surface area (Å²) in [7, 11) is -9.55. The predicted octanol–water partition coefficient (Wildman–Crippen LogP) is 0.943. The van der Waals surface area contributed by atoms with Crippen LogP contribution in [0.25, 0.3) is 33.5 Å². The Bertz CT molecular complexity index is 3610. The molecular formula is C43H52N15O20P3S. The first-order valence-corrected chi connectivity index (χ1v) is 30.9. The number of fused-ring (bicyclic) bond motifs is 4. The van der Waals surface area contributed by atoms with E-state index in [0.717, 1.165) is 12.7 Å². The van der Waals surface area contributed by atoms with Gasteiger partial charge in [-0.05, 0) is 36.4 Å². The number of ether oxygens (including phenoxy) is 6. The number of nitrogens with zero attached hydrogens (tertiary/aromatic N) is 12. The lowest BCUT2D eigenvalue weighted by Gasteiger charge is -2.38. The Morgan fingerprint density at radius 3 is 1.83 bits per heavy atom. The number of anilines is 3. The minimum Gasteiger partial charge on any atom is -0.461 e. The van der Waals surface area contributed by atoms with Crippen molar-refractivity contribution in [3.05, 3.63) is 73.9 Å². The number of esters is 1. The topological polar surface area (TPSA) is 480 Å². The van der Waals surface area contributed by atoms with Crippen molar-refractivity contribution < 1.29 is 94.4 Å². The Kier molecular flexibility index (Phi) is 16.5. The number of phosphoric ester groups is 2. The average Bonchev–Trinajstić information content (AvgIpc) is 4.39. The maximum Gasteiger partial charge on any atom is 0.472 e. The van der Waals surface area contributed by atoms with Crippen LogP contribution >= 0.6 is 33.8 Å². The Morgan fingerprint density at radius 1 is 0.695 bits per heavy atom. The van der Waals surface area contributed by atoms with E-state index >= 15 is 0 Å². The molecule has 10 heterocycles. The molecule has 11 N–H and O–H groups in total. The number of nitrogen functional groups attached to an aromatic ring is 3. The minimum absolute atomic E-state index is 0.0141. The van der Waals surface area contributed by atoms with Crippen molar-refractivity contribution in [2.75, 3.05) is 63.1 Å². The number of phosphoric acid groups is 2. The van der Waals surface area contributed by atoms with Gasteiger partial charge in [-0.25, -0.2) is 63.3 Å². The van der Waals surface area contributed by atoms with E-state index in [1.807, 2.05) is 0 Å². The zero-order valence-electron chi connectivity index (χ0n) is 42.6. The number of hydrogen-bond acceptors (Lipinski definition) is 30. The van der Waals surface area contributed by atoms with Crippen LogP contribution in [-0.4, -0.2) is 190 Å². The summed E-state index contributed by atoms with van der Waals surface area (Å²) < 4.78 is 109. The summed E-state index contributed by atoms with van der Waals surface area (Å²) in [5, 5.41) is 23.5. The number of benzene rings is 1. The Hall–Kier alpha value is -5.82. The third kappa shape index (κ3) is 11.6. The molecule has 15 atom stereocenters. The van der Waals surface area contributed by atoms with Gasteiger partial charge < -0.3 is 70.5 Å². The van der Waals surface area contributed by atoms with E-state index in [2.05, 4.69) is 44.9 Å². The number of rotatable bonds is 22. The molecule has 6 unspecified atom stereocenters. The maximum absolute atomic E-state index is 14.2. The largest absolute Gasteiger partial charge is 0.472 e. The van der Waals surface area contributed by atoms with Crippen molar-refractivity contribution in [3.63, 3.8) is 0 Å². The van der Waals surface area contributed by atoms with Crippen molar-refractivity contribution in [1.29, 1.82) is 0 Å². The number of hydrogen-bond donors (Lipinski definition) is 8. The second-order valence-corrected chi connectivity index (χ2v) is 25.6. The molecule has 0 saturated carbocycles. The number of carbonyl (C=O) groups is 1. The molecular weight excluding hydrogens is 1170 g/mol. The van der Waals surface area contributed by atoms with Crippen molar-refractivity contribution in [3.8, 4) is 0 Å². The number of imidazole rings is 3. The lowest BCUT2D eigenvalue weighted by molar-refractivity contribution is -0.165. The molecule has 11 rings (SSSR count). The van der Waals surface area contributed by atoms with Crippen LogP contribution in [0.15, 0.2) is 68.3 Å². The van der Waals surface area contributed by atoms with Crippen LogP contribution < -0.4 is 17.2 Å². The standard InChI is InChI=1S/C43H52N15O20P3S/c1-68-29-23(13-72-81(66,67)82-11-10-70-42(61)21-6-3-2-4-7-21)75-41(58-20-55-26-35(46)49-17-52-38(26)58)31(29)78-79(62,63)71-12-22-27(59)30(40(74-22)57-19-54-25-34(45)48-16-51-37(25)57)77-80(64,65)73-14-43-8-5-9-69-32(43)28(60)39(76-43)56-18-53-24-33(44)47-15-50-36(24)56/h2-4,6-7,15-20,22-23,27-32,39-41,59-60H,5,8-14H2,1H3,(H,62,63)(H,64,65)(H,66,67)(H2,44,47,50)(H2,45,48,51)(H2,46,49,52)/t22-,23-,27?,28+,29?,30+,31+,32?,39-,40-,41-,43-/m1/s1. The first kappa shape index (κ1) is 58.0. The van der Waals surface area contributed by atoms with Gasteiger partial charge in [0.1, 0.15) is 96.6 Å². The van der Waals surface area contributed by atoms with Crippen LogP contribution in [0, 0.1) is 0 Å². The highest BCUT2D eigenvalue weighted by Crippen LogP contribution is 2.57. The number of carbonyl (C=O) groups excluding carboxylic acids is 1. The molecule has 82 heavy (non-hydrogen) atoms. The van der Waals surface area contributed by atoms with Crippen LogP contribution in [0.4, 0.5) is 17.5 Å². The van der Waals surface area contributed by atoms with Gasteiger partial charge in [0.15, 0.2) is 53.1 Å². The van der Waals surface area contributed by atoms with Crippen molar-refractivity contribution in [2.24, 2.45) is 0 Å². The molecule has 6 aromatic heterocycles. The molecule has 4 aliphatic rings. The van der Waals surface area contributed by atoms with Gasteiger partial charge in [-0.2, -0.15) is 0 Å². The normalized spacial score (nSPS) is 29.7. The van der Waals surface area contributed by atoms with E-state index in [1.54, 1.807) is 30.3 Å². The molecule has 4 fully saturated rings. The lowest BCUT2D eigenvalue weighted by atomic mass is 9.89. The molecule has 0 aliphatic carbocycles. The molecule has 4 aliphatic heterocycles. The molecule has 440 valence electrons. The zero-order chi connectivity index (χ0) is 57.7. The summed E-state index contributed by atoms with van der Waals surface area (Å²) in [5.74, 6) is -0.800. The highest BCUT2D eigenvalue weighted by atomic mass is 32.7. The third-order valence-electron chi connectivity index (χ3n) is 13.7. The predicted molar refractivity (Wildman–Crippen MR) is 278 cm³/mol. The van der Waals surface area contributed by atoms with E-state index in [9.17, 15) is 43.4 Å². The highest BCUT2D eigenvalue weighted by Gasteiger charge is 2.60. The second-order valence-electron chi connectivity index (χ2n) is 18.8. The Labute approximate surface area is 465 Å². The first-order chi connectivity index (χ1) is 39.3. The van der Waals surface area contributed by atoms with Gasteiger partial charge in [0.2, 0.25) is 0 Å². The van der Waals surface area contributed by atoms with Gasteiger partial charge in [0.25, 0.3) is 0 Å². The SMILES string of the molecule is COC1[C@@H](COP(=O)(O)SCCOC(=O)c2ccccc2)O[C@@H](n2cnc3c(N)ncnc32)[C@H]1OP(=O)(O)OC[C@H]1O[C@@H](n2cnc3c(N)ncnc32)[C@@H](OP(=O)(O)OC[C@]23CCCOC2[C@H](O)[C@H](n2cnc4c(N)ncnc42)O3)C1O. The van der Waals surface area contributed by atoms with Gasteiger partial charge in [-0.1, -0.05) is 18.2 Å². The highest BCUT2D eigenvalue weighted by molar-refractivity contribution is 8.54. The van der Waals surface area contributed by atoms with E-state index in [4.69, 9.17) is 68.2 Å². The number of aliphatic hydroxyl groups excluding tert-OH is 2. The fraction of sp³-hybridized carbons (Fsp3) is 0.488. The summed E-state index contributed by atoms with van der Waals surface area (Å²) >= 11 is 0.467. The van der Waals surface area contributed by atoms with Crippen LogP contribution in [-0.2, 0) is 64.7 Å². The Balaban J connectivity index is 0.794. The Morgan fingerprint density at radius 2 is 1.23 bits per heavy atom. The minimum atomic E-state index is -5.40. The number of methoxy groups -OCH3 is 1. The quantitative estimate of drug-likeness (QED) is 0.0266. The zero-order valence-corrected chi connectivity index (χ0v) is 46.1. The van der Waals surface area contributed by atoms with Gasteiger partial charge in [0.05, 0.1) is 44.4 Å². The molecule has 0 radical (unpaired) electrons. The fourth-order valence-electron chi connectivity index (χ4n) is 9.98. The van der Waals surface area contributed by atoms with E-state index in [0.29, 0.717) is 17.8 Å². The average molecular weight is 1220 g/mol. The molecule has 0 spiro atoms. The van der Waals surface area contributed by atoms with Crippen LogP contribution in [0.1, 0.15) is 41.9 Å². The maximum atomic E-state index is 14.2. The summed E-state index contributed by atoms with van der Waals surface area (Å²) in [5.41, 5.74) is 17.6. The number of nitrogens with two attached hydrogens (primary N) is 3. The number of aromatic nitrogens is 12. The van der Waals surface area contributed by atoms with E-state index < -0.39 is 121 Å². The lowest BCUT2D eigenvalue weighted by Crippen LogP contribution is -2.51. The first-order valence-electron chi connectivity index (χ1n) is 24.7. The number of aliphatic hydroxyl groups is 2. The summed E-state index contributed by atoms with van der Waals surface area (Å²) in [4.78, 5) is 83.3. The third-order valence-corrected chi connectivity index (χ3v) is 18.7. The van der Waals surface area contributed by atoms with Crippen molar-refractivity contribution in [1.82, 2.24) is 58.6 Å². The second kappa shape index (κ2) is 23.3. The smallest absolute Gasteiger partial charge is 0.461 e. The van der Waals surface area contributed by atoms with Gasteiger partial charge in [-0.3, -0.25) is 36.3 Å². The molecule has 0 amide bonds. The molecule has 35 nitrogen and oxygen atoms in total. The van der Waals surface area contributed by atoms with Crippen molar-refractivity contribution >= 4 is 90.7 Å². The van der Waals surface area contributed by atoms with Crippen LogP contribution in [0.3, 0.4) is 0 Å². The van der Waals surface area contributed by atoms with Gasteiger partial charge >= 0.3 is 28.4 Å². The molecule has 7 aromatic rings. The summed E-state index contributed by atoms with van der Waals surface area (Å²) in [6.07, 6.45) is -8.89.